The molecule has 1 spiro atoms. The molecule has 0 N–H and O–H groups in total. The first-order valence-electron chi connectivity index (χ1n) is 11.1. The third-order valence-corrected chi connectivity index (χ3v) is 7.20. The number of benzene rings is 1. The van der Waals surface area contributed by atoms with Crippen LogP contribution in [0.3, 0.4) is 0 Å². The molecule has 2 amide bonds. The van der Waals surface area contributed by atoms with Gasteiger partial charge in [-0.3, -0.25) is 9.59 Å². The highest BCUT2D eigenvalue weighted by Gasteiger charge is 2.45. The van der Waals surface area contributed by atoms with Crippen molar-refractivity contribution < 1.29 is 19.1 Å². The summed E-state index contributed by atoms with van der Waals surface area (Å²) in [6, 6.07) is 8.15. The van der Waals surface area contributed by atoms with Crippen LogP contribution in [0.2, 0.25) is 0 Å². The third-order valence-electron chi connectivity index (χ3n) is 7.20. The Morgan fingerprint density at radius 3 is 2.28 bits per heavy atom. The quantitative estimate of drug-likeness (QED) is 0.769. The predicted octanol–water partition coefficient (Wildman–Crippen LogP) is 2.75. The lowest BCUT2D eigenvalue weighted by atomic mass is 9.77. The Balaban J connectivity index is 1.29. The molecule has 6 nitrogen and oxygen atoms in total. The highest BCUT2D eigenvalue weighted by molar-refractivity contribution is 5.99. The predicted molar refractivity (Wildman–Crippen MR) is 108 cm³/mol. The second-order valence-electron chi connectivity index (χ2n) is 8.80. The van der Waals surface area contributed by atoms with Gasteiger partial charge in [-0.1, -0.05) is 31.0 Å². The van der Waals surface area contributed by atoms with Gasteiger partial charge in [0.15, 0.2) is 5.79 Å². The molecule has 3 aliphatic heterocycles. The van der Waals surface area contributed by atoms with E-state index in [-0.39, 0.29) is 23.7 Å². The lowest BCUT2D eigenvalue weighted by Gasteiger charge is -2.41. The minimum atomic E-state index is -0.474. The van der Waals surface area contributed by atoms with Gasteiger partial charge in [-0.05, 0) is 30.9 Å². The van der Waals surface area contributed by atoms with E-state index >= 15 is 0 Å². The maximum absolute atomic E-state index is 13.5. The van der Waals surface area contributed by atoms with E-state index in [9.17, 15) is 9.59 Å². The number of piperidine rings is 1. The molecule has 0 aromatic heterocycles. The van der Waals surface area contributed by atoms with Gasteiger partial charge in [0.25, 0.3) is 0 Å². The molecule has 1 aliphatic carbocycles. The molecule has 1 aromatic carbocycles. The standard InChI is InChI=1S/C23H30N2O4/c26-21(24-13-10-23(11-14-24)28-15-16-29-23)18-6-2-3-7-19(18)22(27)25-12-9-17-5-1-4-8-20(17)25/h1,4-5,8,18-19H,2-3,6-7,9-16H2. The number of fused-ring (bicyclic) bond motifs is 1. The molecule has 0 bridgehead atoms. The van der Waals surface area contributed by atoms with E-state index in [4.69, 9.17) is 9.47 Å². The van der Waals surface area contributed by atoms with Gasteiger partial charge in [0.2, 0.25) is 11.8 Å². The summed E-state index contributed by atoms with van der Waals surface area (Å²) < 4.78 is 11.6. The molecule has 5 rings (SSSR count). The van der Waals surface area contributed by atoms with Crippen molar-refractivity contribution in [1.82, 2.24) is 4.90 Å². The average Bonchev–Trinajstić information content (AvgIpc) is 3.41. The van der Waals surface area contributed by atoms with Gasteiger partial charge in [0.05, 0.1) is 19.1 Å². The summed E-state index contributed by atoms with van der Waals surface area (Å²) in [6.07, 6.45) is 6.05. The van der Waals surface area contributed by atoms with Crippen molar-refractivity contribution >= 4 is 17.5 Å². The van der Waals surface area contributed by atoms with Gasteiger partial charge in [0, 0.05) is 44.1 Å². The molecule has 0 radical (unpaired) electrons. The smallest absolute Gasteiger partial charge is 0.230 e. The zero-order valence-electron chi connectivity index (χ0n) is 17.0. The highest BCUT2D eigenvalue weighted by atomic mass is 16.7. The van der Waals surface area contributed by atoms with Crippen LogP contribution in [0, 0.1) is 11.8 Å². The number of carbonyl (C=O) groups is 2. The number of carbonyl (C=O) groups excluding carboxylic acids is 2. The second kappa shape index (κ2) is 7.73. The summed E-state index contributed by atoms with van der Waals surface area (Å²) in [7, 11) is 0. The number of amides is 2. The van der Waals surface area contributed by atoms with Crippen molar-refractivity contribution in [3.63, 3.8) is 0 Å². The molecule has 29 heavy (non-hydrogen) atoms. The van der Waals surface area contributed by atoms with Crippen LogP contribution >= 0.6 is 0 Å². The molecule has 1 saturated carbocycles. The zero-order valence-corrected chi connectivity index (χ0v) is 17.0. The summed E-state index contributed by atoms with van der Waals surface area (Å²) in [6.45, 7) is 3.33. The SMILES string of the molecule is O=C(C1CCCCC1C(=O)N1CCc2ccccc21)N1CCC2(CC1)OCCO2. The van der Waals surface area contributed by atoms with E-state index in [1.54, 1.807) is 0 Å². The molecule has 156 valence electrons. The number of ether oxygens (including phenoxy) is 2. The van der Waals surface area contributed by atoms with E-state index in [0.717, 1.165) is 57.2 Å². The van der Waals surface area contributed by atoms with Crippen LogP contribution in [0.1, 0.15) is 44.1 Å². The van der Waals surface area contributed by atoms with Crippen LogP contribution in [0.4, 0.5) is 5.69 Å². The molecule has 2 atom stereocenters. The van der Waals surface area contributed by atoms with E-state index < -0.39 is 5.79 Å². The zero-order chi connectivity index (χ0) is 19.8. The molecular weight excluding hydrogens is 368 g/mol. The first-order chi connectivity index (χ1) is 14.2. The number of nitrogens with zero attached hydrogens (tertiary/aromatic N) is 2. The van der Waals surface area contributed by atoms with E-state index in [1.165, 1.54) is 5.56 Å². The fraction of sp³-hybridized carbons (Fsp3) is 0.652. The Kier molecular flexibility index (Phi) is 5.08. The monoisotopic (exact) mass is 398 g/mol. The summed E-state index contributed by atoms with van der Waals surface area (Å²) in [5, 5.41) is 0. The van der Waals surface area contributed by atoms with E-state index in [2.05, 4.69) is 6.07 Å². The minimum absolute atomic E-state index is 0.143. The van der Waals surface area contributed by atoms with E-state index in [1.807, 2.05) is 28.0 Å². The summed E-state index contributed by atoms with van der Waals surface area (Å²) in [5.41, 5.74) is 2.27. The number of hydrogen-bond acceptors (Lipinski definition) is 4. The van der Waals surface area contributed by atoms with Crippen molar-refractivity contribution in [2.24, 2.45) is 11.8 Å². The fourth-order valence-electron chi connectivity index (χ4n) is 5.58. The largest absolute Gasteiger partial charge is 0.347 e. The Morgan fingerprint density at radius 2 is 1.55 bits per heavy atom. The first kappa shape index (κ1) is 19.1. The Hall–Kier alpha value is -1.92. The lowest BCUT2D eigenvalue weighted by Crippen LogP contribution is -2.51. The minimum Gasteiger partial charge on any atom is -0.347 e. The molecular formula is C23H30N2O4. The number of para-hydroxylation sites is 1. The maximum atomic E-state index is 13.5. The number of anilines is 1. The fourth-order valence-corrected chi connectivity index (χ4v) is 5.58. The number of rotatable bonds is 2. The van der Waals surface area contributed by atoms with Crippen LogP contribution in [0.25, 0.3) is 0 Å². The molecule has 4 aliphatic rings. The molecule has 2 saturated heterocycles. The molecule has 3 fully saturated rings. The molecule has 1 aromatic rings. The molecule has 6 heteroatoms. The van der Waals surface area contributed by atoms with Gasteiger partial charge < -0.3 is 19.3 Å². The van der Waals surface area contributed by atoms with Gasteiger partial charge in [0.1, 0.15) is 0 Å². The van der Waals surface area contributed by atoms with Gasteiger partial charge in [-0.2, -0.15) is 0 Å². The van der Waals surface area contributed by atoms with Crippen molar-refractivity contribution in [1.29, 1.82) is 0 Å². The highest BCUT2D eigenvalue weighted by Crippen LogP contribution is 2.38. The Labute approximate surface area is 172 Å². The van der Waals surface area contributed by atoms with Crippen molar-refractivity contribution in [2.75, 3.05) is 37.7 Å². The summed E-state index contributed by atoms with van der Waals surface area (Å²) >= 11 is 0. The second-order valence-corrected chi connectivity index (χ2v) is 8.80. The molecule has 2 unspecified atom stereocenters. The van der Waals surface area contributed by atoms with Gasteiger partial charge >= 0.3 is 0 Å². The van der Waals surface area contributed by atoms with Gasteiger partial charge in [-0.25, -0.2) is 0 Å². The van der Waals surface area contributed by atoms with Crippen LogP contribution in [-0.2, 0) is 25.5 Å². The summed E-state index contributed by atoms with van der Waals surface area (Å²) in [5.74, 6) is -0.564. The summed E-state index contributed by atoms with van der Waals surface area (Å²) in [4.78, 5) is 30.8. The number of hydrogen-bond donors (Lipinski definition) is 0. The number of likely N-dealkylation sites (tertiary alicyclic amines) is 1. The normalized spacial score (nSPS) is 28.6. The Morgan fingerprint density at radius 1 is 0.897 bits per heavy atom. The van der Waals surface area contributed by atoms with Crippen LogP contribution in [-0.4, -0.2) is 55.3 Å². The van der Waals surface area contributed by atoms with Crippen LogP contribution < -0.4 is 4.90 Å². The van der Waals surface area contributed by atoms with Crippen LogP contribution in [0.15, 0.2) is 24.3 Å². The van der Waals surface area contributed by atoms with Crippen molar-refractivity contribution in [3.05, 3.63) is 29.8 Å². The first-order valence-corrected chi connectivity index (χ1v) is 11.1. The van der Waals surface area contributed by atoms with Gasteiger partial charge in [-0.15, -0.1) is 0 Å². The lowest BCUT2D eigenvalue weighted by molar-refractivity contribution is -0.189. The third kappa shape index (κ3) is 3.46. The van der Waals surface area contributed by atoms with E-state index in [0.29, 0.717) is 26.3 Å². The van der Waals surface area contributed by atoms with Crippen molar-refractivity contribution in [3.8, 4) is 0 Å². The molecule has 3 heterocycles. The Bertz CT molecular complexity index is 779. The topological polar surface area (TPSA) is 59.1 Å². The van der Waals surface area contributed by atoms with Crippen molar-refractivity contribution in [2.45, 2.75) is 50.7 Å². The average molecular weight is 399 g/mol. The maximum Gasteiger partial charge on any atom is 0.230 e. The van der Waals surface area contributed by atoms with Crippen LogP contribution in [0.5, 0.6) is 0 Å².